The highest BCUT2D eigenvalue weighted by Crippen LogP contribution is 2.30. The molecule has 0 spiro atoms. The number of aliphatic hydroxyl groups is 1. The molecule has 2 heterocycles. The van der Waals surface area contributed by atoms with E-state index in [9.17, 15) is 23.2 Å². The van der Waals surface area contributed by atoms with Crippen LogP contribution in [0.1, 0.15) is 57.1 Å². The van der Waals surface area contributed by atoms with Crippen molar-refractivity contribution < 1.29 is 27.8 Å². The highest BCUT2D eigenvalue weighted by Gasteiger charge is 2.31. The number of aliphatic hydroxyl groups excluding tert-OH is 1. The van der Waals surface area contributed by atoms with Crippen LogP contribution in [0.2, 0.25) is 0 Å². The molecule has 1 unspecified atom stereocenters. The van der Waals surface area contributed by atoms with Gasteiger partial charge in [0, 0.05) is 37.1 Å². The standard InChI is InChI=1S/C17H15F3N4O.C5H11NO2/c18-17(19,20)13-9-22-15(23-10-13)12-6-11(7-21)16(24-8-12)25-14-4-2-1-3-5-14;1-4(3-7)6-5(2)8/h6,8-10,14H,1-5H2;4,7H,3H2,1-2H3,(H,6,8). The molecule has 0 saturated heterocycles. The van der Waals surface area contributed by atoms with Crippen LogP contribution in [0, 0.1) is 11.3 Å². The van der Waals surface area contributed by atoms with Gasteiger partial charge in [0.1, 0.15) is 17.7 Å². The normalized spacial score (nSPS) is 14.9. The first-order chi connectivity index (χ1) is 15.6. The minimum atomic E-state index is -4.49. The summed E-state index contributed by atoms with van der Waals surface area (Å²) in [5.74, 6) is 0.206. The summed E-state index contributed by atoms with van der Waals surface area (Å²) in [6, 6.07) is 3.37. The van der Waals surface area contributed by atoms with Crippen molar-refractivity contribution in [3.8, 4) is 23.3 Å². The topological polar surface area (TPSA) is 121 Å². The smallest absolute Gasteiger partial charge is 0.419 e. The second-order valence-electron chi connectivity index (χ2n) is 7.64. The first-order valence-electron chi connectivity index (χ1n) is 10.5. The Morgan fingerprint density at radius 3 is 2.36 bits per heavy atom. The van der Waals surface area contributed by atoms with Crippen LogP contribution in [0.15, 0.2) is 24.7 Å². The van der Waals surface area contributed by atoms with Crippen LogP contribution < -0.4 is 10.1 Å². The molecular weight excluding hydrogens is 439 g/mol. The van der Waals surface area contributed by atoms with Crippen LogP contribution in [0.3, 0.4) is 0 Å². The van der Waals surface area contributed by atoms with Crippen molar-refractivity contribution >= 4 is 5.91 Å². The molecule has 2 aromatic heterocycles. The number of nitrogens with zero attached hydrogens (tertiary/aromatic N) is 4. The lowest BCUT2D eigenvalue weighted by atomic mass is 9.98. The molecule has 0 aliphatic heterocycles. The van der Waals surface area contributed by atoms with Crippen molar-refractivity contribution in [1.29, 1.82) is 5.26 Å². The van der Waals surface area contributed by atoms with Crippen LogP contribution in [0.5, 0.6) is 5.88 Å². The van der Waals surface area contributed by atoms with E-state index < -0.39 is 11.7 Å². The third-order valence-electron chi connectivity index (χ3n) is 4.76. The van der Waals surface area contributed by atoms with Crippen molar-refractivity contribution in [2.24, 2.45) is 0 Å². The average molecular weight is 465 g/mol. The van der Waals surface area contributed by atoms with E-state index in [2.05, 4.69) is 20.3 Å². The monoisotopic (exact) mass is 465 g/mol. The highest BCUT2D eigenvalue weighted by molar-refractivity contribution is 5.73. The molecule has 8 nitrogen and oxygen atoms in total. The molecule has 2 aromatic rings. The van der Waals surface area contributed by atoms with Crippen LogP contribution >= 0.6 is 0 Å². The van der Waals surface area contributed by atoms with Crippen LogP contribution in [-0.2, 0) is 11.0 Å². The number of ether oxygens (including phenoxy) is 1. The third-order valence-corrected chi connectivity index (χ3v) is 4.76. The van der Waals surface area contributed by atoms with Gasteiger partial charge in [-0.2, -0.15) is 18.4 Å². The Bertz CT molecular complexity index is 955. The van der Waals surface area contributed by atoms with E-state index in [1.54, 1.807) is 6.92 Å². The number of nitriles is 1. The maximum atomic E-state index is 12.6. The molecule has 33 heavy (non-hydrogen) atoms. The van der Waals surface area contributed by atoms with Gasteiger partial charge < -0.3 is 15.2 Å². The van der Waals surface area contributed by atoms with Gasteiger partial charge in [-0.1, -0.05) is 6.42 Å². The number of amides is 1. The minimum absolute atomic E-state index is 0.000417. The molecule has 0 aromatic carbocycles. The fourth-order valence-corrected chi connectivity index (χ4v) is 3.11. The fraction of sp³-hybridized carbons (Fsp3) is 0.500. The zero-order valence-electron chi connectivity index (χ0n) is 18.4. The summed E-state index contributed by atoms with van der Waals surface area (Å²) in [6.45, 7) is 3.16. The van der Waals surface area contributed by atoms with Crippen molar-refractivity contribution in [2.45, 2.75) is 64.3 Å². The molecule has 1 atom stereocenters. The molecule has 0 radical (unpaired) electrons. The third kappa shape index (κ3) is 8.31. The Balaban J connectivity index is 0.000000414. The summed E-state index contributed by atoms with van der Waals surface area (Å²) in [5.41, 5.74) is -0.352. The molecule has 1 aliphatic rings. The molecule has 11 heteroatoms. The summed E-state index contributed by atoms with van der Waals surface area (Å²) in [4.78, 5) is 21.8. The van der Waals surface area contributed by atoms with E-state index in [-0.39, 0.29) is 41.9 Å². The minimum Gasteiger partial charge on any atom is -0.473 e. The number of aromatic nitrogens is 3. The Hall–Kier alpha value is -3.26. The highest BCUT2D eigenvalue weighted by atomic mass is 19.4. The van der Waals surface area contributed by atoms with Gasteiger partial charge in [0.15, 0.2) is 5.82 Å². The number of carbonyl (C=O) groups excluding carboxylic acids is 1. The maximum Gasteiger partial charge on any atom is 0.419 e. The van der Waals surface area contributed by atoms with Gasteiger partial charge in [-0.25, -0.2) is 15.0 Å². The molecule has 2 N–H and O–H groups in total. The summed E-state index contributed by atoms with van der Waals surface area (Å²) >= 11 is 0. The second-order valence-corrected chi connectivity index (χ2v) is 7.64. The van der Waals surface area contributed by atoms with Crippen molar-refractivity contribution in [2.75, 3.05) is 6.61 Å². The number of halogens is 3. The number of carbonyl (C=O) groups is 1. The molecule has 1 fully saturated rings. The summed E-state index contributed by atoms with van der Waals surface area (Å²) in [7, 11) is 0. The summed E-state index contributed by atoms with van der Waals surface area (Å²) in [5, 5.41) is 20.2. The van der Waals surface area contributed by atoms with Crippen molar-refractivity contribution in [3.63, 3.8) is 0 Å². The Kier molecular flexibility index (Phi) is 9.54. The van der Waals surface area contributed by atoms with Crippen LogP contribution in [0.4, 0.5) is 13.2 Å². The van der Waals surface area contributed by atoms with E-state index in [0.29, 0.717) is 18.0 Å². The zero-order chi connectivity index (χ0) is 24.4. The number of pyridine rings is 1. The van der Waals surface area contributed by atoms with E-state index >= 15 is 0 Å². The summed E-state index contributed by atoms with van der Waals surface area (Å²) in [6.07, 6.45) is 3.58. The zero-order valence-corrected chi connectivity index (χ0v) is 18.4. The fourth-order valence-electron chi connectivity index (χ4n) is 3.11. The number of alkyl halides is 3. The van der Waals surface area contributed by atoms with Gasteiger partial charge in [-0.05, 0) is 38.7 Å². The average Bonchev–Trinajstić information content (AvgIpc) is 2.79. The largest absolute Gasteiger partial charge is 0.473 e. The lowest BCUT2D eigenvalue weighted by Crippen LogP contribution is -2.32. The van der Waals surface area contributed by atoms with Gasteiger partial charge >= 0.3 is 6.18 Å². The van der Waals surface area contributed by atoms with E-state index in [0.717, 1.165) is 25.7 Å². The molecule has 0 bridgehead atoms. The van der Waals surface area contributed by atoms with Crippen molar-refractivity contribution in [3.05, 3.63) is 35.8 Å². The number of hydrogen-bond acceptors (Lipinski definition) is 7. The number of rotatable bonds is 5. The van der Waals surface area contributed by atoms with Crippen molar-refractivity contribution in [1.82, 2.24) is 20.3 Å². The van der Waals surface area contributed by atoms with Crippen LogP contribution in [-0.4, -0.2) is 44.7 Å². The maximum absolute atomic E-state index is 12.6. The van der Waals surface area contributed by atoms with Gasteiger partial charge in [-0.15, -0.1) is 0 Å². The van der Waals surface area contributed by atoms with Crippen LogP contribution in [0.25, 0.3) is 11.4 Å². The van der Waals surface area contributed by atoms with Gasteiger partial charge in [-0.3, -0.25) is 4.79 Å². The van der Waals surface area contributed by atoms with Gasteiger partial charge in [0.05, 0.1) is 12.2 Å². The van der Waals surface area contributed by atoms with E-state index in [4.69, 9.17) is 9.84 Å². The molecule has 1 amide bonds. The SMILES string of the molecule is CC(=O)NC(C)CO.N#Cc1cc(-c2ncc(C(F)(F)F)cn2)cnc1OC1CCCCC1. The lowest BCUT2D eigenvalue weighted by molar-refractivity contribution is -0.138. The summed E-state index contributed by atoms with van der Waals surface area (Å²) < 4.78 is 43.5. The number of hydrogen-bond donors (Lipinski definition) is 2. The Morgan fingerprint density at radius 2 is 1.88 bits per heavy atom. The molecule has 1 saturated carbocycles. The Labute approximate surface area is 189 Å². The molecular formula is C22H26F3N5O3. The van der Waals surface area contributed by atoms with Gasteiger partial charge in [0.25, 0.3) is 0 Å². The first-order valence-corrected chi connectivity index (χ1v) is 10.5. The Morgan fingerprint density at radius 1 is 1.24 bits per heavy atom. The van der Waals surface area contributed by atoms with E-state index in [1.165, 1.54) is 25.6 Å². The lowest BCUT2D eigenvalue weighted by Gasteiger charge is -2.22. The molecule has 178 valence electrons. The predicted molar refractivity (Wildman–Crippen MR) is 113 cm³/mol. The second kappa shape index (κ2) is 12.1. The predicted octanol–water partition coefficient (Wildman–Crippen LogP) is 3.64. The van der Waals surface area contributed by atoms with E-state index in [1.807, 2.05) is 6.07 Å². The molecule has 3 rings (SSSR count). The quantitative estimate of drug-likeness (QED) is 0.691. The molecule has 1 aliphatic carbocycles. The number of nitrogens with one attached hydrogen (secondary N) is 1. The first kappa shape index (κ1) is 26.0. The van der Waals surface area contributed by atoms with Gasteiger partial charge in [0.2, 0.25) is 11.8 Å².